The molecule has 0 aromatic heterocycles. The Hall–Kier alpha value is -2.18. The summed E-state index contributed by atoms with van der Waals surface area (Å²) in [6.45, 7) is 1.80. The van der Waals surface area contributed by atoms with Gasteiger partial charge in [0.05, 0.1) is 38.4 Å². The highest BCUT2D eigenvalue weighted by molar-refractivity contribution is 7.89. The first-order valence-electron chi connectivity index (χ1n) is 12.0. The molecule has 1 saturated heterocycles. The van der Waals surface area contributed by atoms with Gasteiger partial charge in [0, 0.05) is 32.6 Å². The van der Waals surface area contributed by atoms with E-state index < -0.39 is 16.3 Å². The molecule has 4 rings (SSSR count). The number of sulfonamides is 1. The zero-order chi connectivity index (χ0) is 24.8. The van der Waals surface area contributed by atoms with E-state index in [0.717, 1.165) is 12.8 Å². The van der Waals surface area contributed by atoms with Gasteiger partial charge in [-0.2, -0.15) is 4.31 Å². The molecule has 35 heavy (non-hydrogen) atoms. The van der Waals surface area contributed by atoms with Gasteiger partial charge in [-0.15, -0.1) is 0 Å². The number of nitrogens with zero attached hydrogens (tertiary/aromatic N) is 2. The van der Waals surface area contributed by atoms with Gasteiger partial charge in [-0.3, -0.25) is 4.79 Å². The number of hydrogen-bond acceptors (Lipinski definition) is 8. The van der Waals surface area contributed by atoms with Gasteiger partial charge in [0.15, 0.2) is 5.76 Å². The number of hydrogen-bond donors (Lipinski definition) is 1. The van der Waals surface area contributed by atoms with Gasteiger partial charge in [0.1, 0.15) is 5.75 Å². The second-order valence-corrected chi connectivity index (χ2v) is 10.8. The van der Waals surface area contributed by atoms with Crippen molar-refractivity contribution in [3.05, 3.63) is 36.1 Å². The molecule has 194 valence electrons. The van der Waals surface area contributed by atoms with E-state index in [1.54, 1.807) is 17.0 Å². The van der Waals surface area contributed by atoms with Crippen LogP contribution in [0, 0.1) is 11.8 Å². The lowest BCUT2D eigenvalue weighted by atomic mass is 9.96. The fourth-order valence-electron chi connectivity index (χ4n) is 4.36. The van der Waals surface area contributed by atoms with Crippen LogP contribution in [0.2, 0.25) is 0 Å². The van der Waals surface area contributed by atoms with E-state index >= 15 is 0 Å². The predicted molar refractivity (Wildman–Crippen MR) is 126 cm³/mol. The van der Waals surface area contributed by atoms with Crippen molar-refractivity contribution in [3.63, 3.8) is 0 Å². The summed E-state index contributed by atoms with van der Waals surface area (Å²) in [5.41, 5.74) is 0. The highest BCUT2D eigenvalue weighted by Gasteiger charge is 2.38. The maximum atomic E-state index is 13.1. The fraction of sp³-hybridized carbons (Fsp3) is 0.625. The molecule has 1 N–H and O–H groups in total. The number of allylic oxidation sites excluding steroid dienone is 1. The molecule has 1 aliphatic carbocycles. The SMILES string of the molecule is COc1ccc(S(=O)(=O)N(CCO)CCO[C@H]2C[C@@H](C3CC3)C=C(C(=O)N3CCOCC3)O2)cc1. The Kier molecular flexibility index (Phi) is 8.66. The molecule has 0 radical (unpaired) electrons. The Morgan fingerprint density at radius 2 is 1.89 bits per heavy atom. The highest BCUT2D eigenvalue weighted by Crippen LogP contribution is 2.43. The number of benzene rings is 1. The predicted octanol–water partition coefficient (Wildman–Crippen LogP) is 1.21. The lowest BCUT2D eigenvalue weighted by molar-refractivity contribution is -0.158. The highest BCUT2D eigenvalue weighted by atomic mass is 32.2. The van der Waals surface area contributed by atoms with Gasteiger partial charge in [-0.05, 0) is 55.0 Å². The van der Waals surface area contributed by atoms with E-state index in [1.807, 2.05) is 6.08 Å². The van der Waals surface area contributed by atoms with E-state index in [2.05, 4.69) is 0 Å². The molecule has 0 unspecified atom stereocenters. The van der Waals surface area contributed by atoms with Gasteiger partial charge in [-0.1, -0.05) is 0 Å². The molecule has 2 heterocycles. The first-order chi connectivity index (χ1) is 16.9. The summed E-state index contributed by atoms with van der Waals surface area (Å²) in [6.07, 6.45) is 4.16. The normalized spacial score (nSPS) is 23.1. The van der Waals surface area contributed by atoms with Crippen LogP contribution in [0.3, 0.4) is 0 Å². The van der Waals surface area contributed by atoms with Crippen molar-refractivity contribution in [1.29, 1.82) is 0 Å². The molecule has 11 heteroatoms. The summed E-state index contributed by atoms with van der Waals surface area (Å²) in [5.74, 6) is 1.43. The Morgan fingerprint density at radius 1 is 1.17 bits per heavy atom. The Bertz CT molecular complexity index is 987. The van der Waals surface area contributed by atoms with Crippen molar-refractivity contribution in [2.75, 3.05) is 59.7 Å². The maximum absolute atomic E-state index is 13.1. The minimum absolute atomic E-state index is 0.0410. The zero-order valence-electron chi connectivity index (χ0n) is 20.0. The number of aliphatic hydroxyl groups excluding tert-OH is 1. The fourth-order valence-corrected chi connectivity index (χ4v) is 5.77. The summed E-state index contributed by atoms with van der Waals surface area (Å²) >= 11 is 0. The van der Waals surface area contributed by atoms with Crippen LogP contribution < -0.4 is 4.74 Å². The number of ether oxygens (including phenoxy) is 4. The third-order valence-electron chi connectivity index (χ3n) is 6.52. The number of rotatable bonds is 11. The summed E-state index contributed by atoms with van der Waals surface area (Å²) in [4.78, 5) is 14.8. The second-order valence-electron chi connectivity index (χ2n) is 8.89. The average Bonchev–Trinajstić information content (AvgIpc) is 3.74. The number of carbonyl (C=O) groups excluding carboxylic acids is 1. The van der Waals surface area contributed by atoms with Crippen molar-refractivity contribution in [2.45, 2.75) is 30.4 Å². The van der Waals surface area contributed by atoms with Crippen LogP contribution in [-0.4, -0.2) is 94.6 Å². The van der Waals surface area contributed by atoms with E-state index in [9.17, 15) is 18.3 Å². The zero-order valence-corrected chi connectivity index (χ0v) is 20.8. The number of carbonyl (C=O) groups is 1. The van der Waals surface area contributed by atoms with Crippen LogP contribution in [0.4, 0.5) is 0 Å². The van der Waals surface area contributed by atoms with E-state index in [4.69, 9.17) is 18.9 Å². The van der Waals surface area contributed by atoms with Crippen molar-refractivity contribution in [1.82, 2.24) is 9.21 Å². The Morgan fingerprint density at radius 3 is 2.51 bits per heavy atom. The van der Waals surface area contributed by atoms with Gasteiger partial charge in [0.25, 0.3) is 5.91 Å². The number of amides is 1. The smallest absolute Gasteiger partial charge is 0.288 e. The van der Waals surface area contributed by atoms with E-state index in [-0.39, 0.29) is 43.0 Å². The summed E-state index contributed by atoms with van der Waals surface area (Å²) < 4.78 is 49.7. The first-order valence-corrected chi connectivity index (χ1v) is 13.5. The molecule has 2 atom stereocenters. The molecule has 2 fully saturated rings. The van der Waals surface area contributed by atoms with Crippen LogP contribution in [0.1, 0.15) is 19.3 Å². The molecule has 1 saturated carbocycles. The second kappa shape index (κ2) is 11.7. The average molecular weight is 511 g/mol. The maximum Gasteiger partial charge on any atom is 0.288 e. The molecule has 0 bridgehead atoms. The van der Waals surface area contributed by atoms with Crippen LogP contribution in [0.15, 0.2) is 41.0 Å². The molecule has 3 aliphatic rings. The first kappa shape index (κ1) is 25.9. The third-order valence-corrected chi connectivity index (χ3v) is 8.43. The van der Waals surface area contributed by atoms with Crippen LogP contribution >= 0.6 is 0 Å². The quantitative estimate of drug-likeness (QED) is 0.473. The van der Waals surface area contributed by atoms with Crippen molar-refractivity contribution >= 4 is 15.9 Å². The largest absolute Gasteiger partial charge is 0.497 e. The molecule has 2 aliphatic heterocycles. The van der Waals surface area contributed by atoms with Crippen molar-refractivity contribution in [2.24, 2.45) is 11.8 Å². The number of morpholine rings is 1. The van der Waals surface area contributed by atoms with Gasteiger partial charge >= 0.3 is 0 Å². The lowest BCUT2D eigenvalue weighted by Gasteiger charge is -2.33. The lowest BCUT2D eigenvalue weighted by Crippen LogP contribution is -2.43. The summed E-state index contributed by atoms with van der Waals surface area (Å²) in [6, 6.07) is 6.10. The van der Waals surface area contributed by atoms with Crippen LogP contribution in [-0.2, 0) is 29.0 Å². The number of aliphatic hydroxyl groups is 1. The van der Waals surface area contributed by atoms with E-state index in [1.165, 1.54) is 23.5 Å². The Labute approximate surface area is 206 Å². The molecular weight excluding hydrogens is 476 g/mol. The molecule has 10 nitrogen and oxygen atoms in total. The van der Waals surface area contributed by atoms with Crippen LogP contribution in [0.5, 0.6) is 5.75 Å². The summed E-state index contributed by atoms with van der Waals surface area (Å²) in [5, 5.41) is 9.45. The molecule has 1 amide bonds. The molecule has 0 spiro atoms. The topological polar surface area (TPSA) is 115 Å². The molecule has 1 aromatic carbocycles. The van der Waals surface area contributed by atoms with Gasteiger partial charge in [0.2, 0.25) is 16.3 Å². The standard InChI is InChI=1S/C24H34N2O8S/c1-31-20-4-6-21(7-5-20)35(29,30)26(8-12-27)11-15-33-23-17-19(18-2-3-18)16-22(34-23)24(28)25-9-13-32-14-10-25/h4-7,16,18-19,23,27H,2-3,8-15,17H2,1H3/t19-,23+/m0/s1. The number of methoxy groups -OCH3 is 1. The monoisotopic (exact) mass is 510 g/mol. The van der Waals surface area contributed by atoms with Gasteiger partial charge < -0.3 is 29.0 Å². The van der Waals surface area contributed by atoms with Gasteiger partial charge in [-0.25, -0.2) is 8.42 Å². The molecule has 1 aromatic rings. The third kappa shape index (κ3) is 6.53. The van der Waals surface area contributed by atoms with Crippen molar-refractivity contribution < 1.29 is 37.3 Å². The summed E-state index contributed by atoms with van der Waals surface area (Å²) in [7, 11) is -2.32. The van der Waals surface area contributed by atoms with E-state index in [0.29, 0.717) is 50.2 Å². The molecular formula is C24H34N2O8S. The van der Waals surface area contributed by atoms with Crippen molar-refractivity contribution in [3.8, 4) is 5.75 Å². The van der Waals surface area contributed by atoms with Crippen LogP contribution in [0.25, 0.3) is 0 Å². The minimum atomic E-state index is -3.83. The minimum Gasteiger partial charge on any atom is -0.497 e. The Balaban J connectivity index is 1.37.